The fraction of sp³-hybridized carbons (Fsp3) is 0.182. The van der Waals surface area contributed by atoms with E-state index >= 15 is 0 Å². The zero-order chi connectivity index (χ0) is 22.1. The Kier molecular flexibility index (Phi) is 5.58. The summed E-state index contributed by atoms with van der Waals surface area (Å²) >= 11 is 6.85. The first kappa shape index (κ1) is 20.8. The maximum absolute atomic E-state index is 12.2. The van der Waals surface area contributed by atoms with Gasteiger partial charge < -0.3 is 20.3 Å². The Balaban J connectivity index is 1.85. The number of anilines is 1. The van der Waals surface area contributed by atoms with Crippen molar-refractivity contribution < 1.29 is 9.90 Å². The van der Waals surface area contributed by atoms with Crippen LogP contribution in [-0.4, -0.2) is 57.0 Å². The molecule has 1 atom stereocenters. The van der Waals surface area contributed by atoms with Crippen molar-refractivity contribution in [3.05, 3.63) is 59.8 Å². The van der Waals surface area contributed by atoms with Crippen molar-refractivity contribution in [2.45, 2.75) is 6.10 Å². The number of aromatic amines is 1. The summed E-state index contributed by atoms with van der Waals surface area (Å²) in [6.07, 6.45) is 6.99. The molecule has 3 N–H and O–H groups in total. The van der Waals surface area contributed by atoms with Crippen molar-refractivity contribution in [2.75, 3.05) is 26.5 Å². The van der Waals surface area contributed by atoms with Crippen molar-refractivity contribution in [1.82, 2.24) is 24.8 Å². The van der Waals surface area contributed by atoms with Crippen LogP contribution >= 0.6 is 11.6 Å². The van der Waals surface area contributed by atoms with Crippen LogP contribution in [0.2, 0.25) is 5.02 Å². The highest BCUT2D eigenvalue weighted by Gasteiger charge is 2.22. The SMILES string of the molecule is CNc1ncccc1-c1c[nH]c2ncc(-c3cncc(C(O)C(=O)N(C)C)c3)c(Cl)c12. The fourth-order valence-corrected chi connectivity index (χ4v) is 3.78. The largest absolute Gasteiger partial charge is 0.378 e. The Bertz CT molecular complexity index is 1270. The lowest BCUT2D eigenvalue weighted by Gasteiger charge is -2.16. The van der Waals surface area contributed by atoms with Gasteiger partial charge in [0.1, 0.15) is 11.5 Å². The highest BCUT2D eigenvalue weighted by Crippen LogP contribution is 2.40. The van der Waals surface area contributed by atoms with E-state index in [0.29, 0.717) is 27.4 Å². The van der Waals surface area contributed by atoms with Crippen molar-refractivity contribution in [2.24, 2.45) is 0 Å². The number of aliphatic hydroxyl groups is 1. The summed E-state index contributed by atoms with van der Waals surface area (Å²) in [7, 11) is 4.98. The van der Waals surface area contributed by atoms with Gasteiger partial charge in [-0.25, -0.2) is 9.97 Å². The summed E-state index contributed by atoms with van der Waals surface area (Å²) in [4.78, 5) is 29.7. The molecule has 0 saturated carbocycles. The number of aromatic nitrogens is 4. The van der Waals surface area contributed by atoms with E-state index in [1.807, 2.05) is 25.4 Å². The number of hydrogen-bond acceptors (Lipinski definition) is 6. The molecule has 0 aliphatic heterocycles. The second-order valence-corrected chi connectivity index (χ2v) is 7.58. The van der Waals surface area contributed by atoms with Gasteiger partial charge in [-0.05, 0) is 18.2 Å². The molecular weight excluding hydrogens is 416 g/mol. The number of amides is 1. The Morgan fingerprint density at radius 1 is 1.19 bits per heavy atom. The molecule has 8 nitrogen and oxygen atoms in total. The smallest absolute Gasteiger partial charge is 0.255 e. The molecule has 0 bridgehead atoms. The molecule has 9 heteroatoms. The Labute approximate surface area is 183 Å². The van der Waals surface area contributed by atoms with Crippen molar-refractivity contribution in [3.63, 3.8) is 0 Å². The number of carbonyl (C=O) groups is 1. The molecular formula is C22H21ClN6O2. The Hall–Kier alpha value is -3.49. The third-order valence-electron chi connectivity index (χ3n) is 5.03. The molecule has 0 fully saturated rings. The predicted molar refractivity (Wildman–Crippen MR) is 121 cm³/mol. The van der Waals surface area contributed by atoms with Gasteiger partial charge in [0, 0.05) is 85.3 Å². The van der Waals surface area contributed by atoms with Crippen LogP contribution in [0.4, 0.5) is 5.82 Å². The zero-order valence-electron chi connectivity index (χ0n) is 17.2. The minimum atomic E-state index is -1.31. The third-order valence-corrected chi connectivity index (χ3v) is 5.43. The van der Waals surface area contributed by atoms with E-state index in [9.17, 15) is 9.90 Å². The topological polar surface area (TPSA) is 107 Å². The van der Waals surface area contributed by atoms with Crippen LogP contribution in [0.25, 0.3) is 33.3 Å². The molecule has 0 aliphatic carbocycles. The number of nitrogens with one attached hydrogen (secondary N) is 2. The van der Waals surface area contributed by atoms with Crippen LogP contribution in [0.15, 0.2) is 49.2 Å². The van der Waals surface area contributed by atoms with E-state index < -0.39 is 12.0 Å². The van der Waals surface area contributed by atoms with Gasteiger partial charge in [-0.1, -0.05) is 11.6 Å². The molecule has 0 spiro atoms. The highest BCUT2D eigenvalue weighted by molar-refractivity contribution is 6.39. The van der Waals surface area contributed by atoms with E-state index in [1.54, 1.807) is 38.8 Å². The van der Waals surface area contributed by atoms with Crippen LogP contribution < -0.4 is 5.32 Å². The summed E-state index contributed by atoms with van der Waals surface area (Å²) in [5, 5.41) is 14.7. The molecule has 158 valence electrons. The number of rotatable bonds is 5. The van der Waals surface area contributed by atoms with Gasteiger partial charge in [0.15, 0.2) is 6.10 Å². The number of H-pyrrole nitrogens is 1. The summed E-state index contributed by atoms with van der Waals surface area (Å²) < 4.78 is 0. The van der Waals surface area contributed by atoms with E-state index in [0.717, 1.165) is 22.3 Å². The monoisotopic (exact) mass is 436 g/mol. The molecule has 4 aromatic rings. The first-order chi connectivity index (χ1) is 14.9. The van der Waals surface area contributed by atoms with Crippen LogP contribution in [0.3, 0.4) is 0 Å². The summed E-state index contributed by atoms with van der Waals surface area (Å²) in [5.41, 5.74) is 4.06. The molecule has 4 aromatic heterocycles. The van der Waals surface area contributed by atoms with Gasteiger partial charge in [0.2, 0.25) is 0 Å². The van der Waals surface area contributed by atoms with Crippen molar-refractivity contribution >= 4 is 34.4 Å². The number of aliphatic hydroxyl groups excluding tert-OH is 1. The molecule has 1 unspecified atom stereocenters. The number of fused-ring (bicyclic) bond motifs is 1. The quantitative estimate of drug-likeness (QED) is 0.442. The second kappa shape index (κ2) is 8.33. The van der Waals surface area contributed by atoms with Crippen LogP contribution in [-0.2, 0) is 4.79 Å². The Morgan fingerprint density at radius 3 is 2.74 bits per heavy atom. The van der Waals surface area contributed by atoms with Gasteiger partial charge in [-0.2, -0.15) is 0 Å². The number of likely N-dealkylation sites (N-methyl/N-ethyl adjacent to an activating group) is 1. The standard InChI is InChI=1S/C22H21ClN6O2/c1-24-20-14(5-4-6-26-20)16-11-28-21-17(16)18(23)15(10-27-21)12-7-13(9-25-8-12)19(30)22(31)29(2)3/h4-11,19,30H,1-3H3,(H,24,26)(H,27,28). The van der Waals surface area contributed by atoms with Gasteiger partial charge in [-0.3, -0.25) is 9.78 Å². The summed E-state index contributed by atoms with van der Waals surface area (Å²) in [6, 6.07) is 5.51. The maximum Gasteiger partial charge on any atom is 0.255 e. The molecule has 0 aromatic carbocycles. The van der Waals surface area contributed by atoms with E-state index in [4.69, 9.17) is 11.6 Å². The number of hydrogen-bond donors (Lipinski definition) is 3. The van der Waals surface area contributed by atoms with Crippen LogP contribution in [0, 0.1) is 0 Å². The lowest BCUT2D eigenvalue weighted by Crippen LogP contribution is -2.28. The van der Waals surface area contributed by atoms with Gasteiger partial charge in [0.05, 0.1) is 5.02 Å². The normalized spacial score (nSPS) is 12.0. The zero-order valence-corrected chi connectivity index (χ0v) is 18.0. The lowest BCUT2D eigenvalue weighted by atomic mass is 10.0. The molecule has 0 saturated heterocycles. The second-order valence-electron chi connectivity index (χ2n) is 7.20. The number of carbonyl (C=O) groups excluding carboxylic acids is 1. The number of nitrogens with zero attached hydrogens (tertiary/aromatic N) is 4. The summed E-state index contributed by atoms with van der Waals surface area (Å²) in [6.45, 7) is 0. The third kappa shape index (κ3) is 3.71. The Morgan fingerprint density at radius 2 is 2.00 bits per heavy atom. The van der Waals surface area contributed by atoms with Gasteiger partial charge in [-0.15, -0.1) is 0 Å². The molecule has 0 aliphatic rings. The van der Waals surface area contributed by atoms with E-state index in [2.05, 4.69) is 25.3 Å². The predicted octanol–water partition coefficient (Wildman–Crippen LogP) is 3.50. The molecule has 0 radical (unpaired) electrons. The first-order valence-electron chi connectivity index (χ1n) is 9.55. The highest BCUT2D eigenvalue weighted by atomic mass is 35.5. The lowest BCUT2D eigenvalue weighted by molar-refractivity contribution is -0.137. The molecule has 1 amide bonds. The minimum absolute atomic E-state index is 0.381. The molecule has 31 heavy (non-hydrogen) atoms. The molecule has 4 rings (SSSR count). The molecule has 4 heterocycles. The summed E-state index contributed by atoms with van der Waals surface area (Å²) in [5.74, 6) is 0.293. The number of halogens is 1. The van der Waals surface area contributed by atoms with Crippen molar-refractivity contribution in [1.29, 1.82) is 0 Å². The van der Waals surface area contributed by atoms with Gasteiger partial charge >= 0.3 is 0 Å². The van der Waals surface area contributed by atoms with Crippen molar-refractivity contribution in [3.8, 4) is 22.3 Å². The maximum atomic E-state index is 12.2. The first-order valence-corrected chi connectivity index (χ1v) is 9.93. The van der Waals surface area contributed by atoms with E-state index in [-0.39, 0.29) is 0 Å². The minimum Gasteiger partial charge on any atom is -0.378 e. The average Bonchev–Trinajstić information content (AvgIpc) is 3.23. The van der Waals surface area contributed by atoms with E-state index in [1.165, 1.54) is 11.1 Å². The van der Waals surface area contributed by atoms with Gasteiger partial charge in [0.25, 0.3) is 5.91 Å². The number of pyridine rings is 3. The fourth-order valence-electron chi connectivity index (χ4n) is 3.43. The van der Waals surface area contributed by atoms with Crippen LogP contribution in [0.5, 0.6) is 0 Å². The average molecular weight is 437 g/mol. The van der Waals surface area contributed by atoms with Crippen LogP contribution in [0.1, 0.15) is 11.7 Å².